The molecular weight excluding hydrogens is 413 g/mol. The van der Waals surface area contributed by atoms with Crippen molar-refractivity contribution in [2.24, 2.45) is 0 Å². The predicted molar refractivity (Wildman–Crippen MR) is 117 cm³/mol. The van der Waals surface area contributed by atoms with Gasteiger partial charge in [0, 0.05) is 11.8 Å². The maximum Gasteiger partial charge on any atom is 0.332 e. The molecule has 0 saturated carbocycles. The second-order valence-corrected chi connectivity index (χ2v) is 7.64. The van der Waals surface area contributed by atoms with Crippen LogP contribution in [-0.2, 0) is 16.1 Å². The predicted octanol–water partition coefficient (Wildman–Crippen LogP) is 3.17. The molecule has 1 N–H and O–H groups in total. The van der Waals surface area contributed by atoms with E-state index in [0.29, 0.717) is 18.1 Å². The van der Waals surface area contributed by atoms with E-state index in [1.807, 2.05) is 31.2 Å². The number of urea groups is 1. The fraction of sp³-hybridized carbons (Fsp3) is 0.217. The molecule has 3 aromatic rings. The number of nitrogens with one attached hydrogen (secondary N) is 1. The van der Waals surface area contributed by atoms with Gasteiger partial charge in [-0.05, 0) is 43.7 Å². The van der Waals surface area contributed by atoms with Crippen molar-refractivity contribution in [1.29, 1.82) is 0 Å². The molecule has 4 amide bonds. The van der Waals surface area contributed by atoms with Gasteiger partial charge in [-0.3, -0.25) is 19.4 Å². The topological polar surface area (TPSA) is 87.5 Å². The molecule has 1 unspecified atom stereocenters. The number of rotatable bonds is 6. The number of imide groups is 1. The van der Waals surface area contributed by atoms with Gasteiger partial charge in [-0.25, -0.2) is 13.9 Å². The molecule has 1 saturated heterocycles. The number of hydrogen-bond donors (Lipinski definition) is 1. The van der Waals surface area contributed by atoms with Crippen LogP contribution in [0, 0.1) is 12.7 Å². The summed E-state index contributed by atoms with van der Waals surface area (Å²) in [6, 6.07) is 13.4. The number of carbonyl (C=O) groups excluding carboxylic acids is 3. The summed E-state index contributed by atoms with van der Waals surface area (Å²) < 4.78 is 14.9. The highest BCUT2D eigenvalue weighted by Gasteiger charge is 2.44. The lowest BCUT2D eigenvalue weighted by Crippen LogP contribution is -2.39. The van der Waals surface area contributed by atoms with Crippen molar-refractivity contribution >= 4 is 29.4 Å². The van der Waals surface area contributed by atoms with Crippen LogP contribution in [0.5, 0.6) is 0 Å². The van der Waals surface area contributed by atoms with Gasteiger partial charge in [-0.1, -0.05) is 29.8 Å². The lowest BCUT2D eigenvalue weighted by molar-refractivity contribution is -0.130. The minimum atomic E-state index is -0.799. The Morgan fingerprint density at radius 1 is 1.12 bits per heavy atom. The van der Waals surface area contributed by atoms with Crippen LogP contribution in [0.2, 0.25) is 0 Å². The number of nitrogens with zero attached hydrogens (tertiary/aromatic N) is 4. The summed E-state index contributed by atoms with van der Waals surface area (Å²) in [7, 11) is 0. The third-order valence-corrected chi connectivity index (χ3v) is 5.25. The number of benzene rings is 2. The molecule has 1 aliphatic heterocycles. The molecule has 1 atom stereocenters. The normalized spacial score (nSPS) is 16.0. The van der Waals surface area contributed by atoms with Gasteiger partial charge in [0.25, 0.3) is 5.91 Å². The molecule has 0 bridgehead atoms. The Hall–Kier alpha value is -4.01. The highest BCUT2D eigenvalue weighted by molar-refractivity contribution is 6.16. The molecule has 0 aliphatic carbocycles. The molecule has 1 fully saturated rings. The Balaban J connectivity index is 1.44. The molecule has 2 heterocycles. The number of amides is 4. The molecule has 32 heavy (non-hydrogen) atoms. The maximum atomic E-state index is 13.2. The second-order valence-electron chi connectivity index (χ2n) is 7.64. The van der Waals surface area contributed by atoms with Gasteiger partial charge in [0.05, 0.1) is 12.7 Å². The van der Waals surface area contributed by atoms with Crippen molar-refractivity contribution in [3.63, 3.8) is 0 Å². The fourth-order valence-electron chi connectivity index (χ4n) is 3.68. The molecule has 0 radical (unpaired) electrons. The highest BCUT2D eigenvalue weighted by atomic mass is 19.1. The monoisotopic (exact) mass is 435 g/mol. The van der Waals surface area contributed by atoms with E-state index in [2.05, 4.69) is 10.4 Å². The van der Waals surface area contributed by atoms with E-state index >= 15 is 0 Å². The first-order valence-corrected chi connectivity index (χ1v) is 10.1. The van der Waals surface area contributed by atoms with E-state index in [-0.39, 0.29) is 0 Å². The van der Waals surface area contributed by atoms with Gasteiger partial charge in [0.15, 0.2) is 0 Å². The van der Waals surface area contributed by atoms with Gasteiger partial charge in [0.2, 0.25) is 5.91 Å². The molecule has 9 heteroatoms. The number of halogens is 1. The van der Waals surface area contributed by atoms with Crippen molar-refractivity contribution in [3.05, 3.63) is 77.7 Å². The minimum absolute atomic E-state index is 0.386. The quantitative estimate of drug-likeness (QED) is 0.603. The average molecular weight is 435 g/mol. The van der Waals surface area contributed by atoms with Gasteiger partial charge in [-0.2, -0.15) is 5.10 Å². The zero-order valence-electron chi connectivity index (χ0n) is 17.7. The zero-order chi connectivity index (χ0) is 22.8. The summed E-state index contributed by atoms with van der Waals surface area (Å²) in [5.74, 6) is -1.01. The van der Waals surface area contributed by atoms with Crippen LogP contribution >= 0.6 is 0 Å². The maximum absolute atomic E-state index is 13.2. The van der Waals surface area contributed by atoms with E-state index in [1.54, 1.807) is 23.9 Å². The standard InChI is InChI=1S/C23H22FN5O3/c1-15-4-3-5-17(12-15)13-28-20(10-11-25-28)26-21(30)14-27-22(31)16(2)29(23(27)32)19-8-6-18(24)7-9-19/h3-12,16H,13-14H2,1-2H3,(H,26,30). The smallest absolute Gasteiger partial charge is 0.309 e. The van der Waals surface area contributed by atoms with Gasteiger partial charge >= 0.3 is 6.03 Å². The van der Waals surface area contributed by atoms with E-state index in [9.17, 15) is 18.8 Å². The first kappa shape index (κ1) is 21.2. The van der Waals surface area contributed by atoms with Crippen LogP contribution in [0.15, 0.2) is 60.8 Å². The summed E-state index contributed by atoms with van der Waals surface area (Å²) in [4.78, 5) is 40.3. The Morgan fingerprint density at radius 2 is 1.88 bits per heavy atom. The number of aryl methyl sites for hydroxylation is 1. The van der Waals surface area contributed by atoms with Crippen LogP contribution < -0.4 is 10.2 Å². The average Bonchev–Trinajstić information content (AvgIpc) is 3.26. The van der Waals surface area contributed by atoms with Crippen LogP contribution in [0.3, 0.4) is 0 Å². The largest absolute Gasteiger partial charge is 0.332 e. The zero-order valence-corrected chi connectivity index (χ0v) is 17.7. The lowest BCUT2D eigenvalue weighted by atomic mass is 10.1. The van der Waals surface area contributed by atoms with Gasteiger partial charge in [-0.15, -0.1) is 0 Å². The molecule has 164 valence electrons. The molecule has 8 nitrogen and oxygen atoms in total. The van der Waals surface area contributed by atoms with Crippen LogP contribution in [0.1, 0.15) is 18.1 Å². The van der Waals surface area contributed by atoms with Crippen LogP contribution in [-0.4, -0.2) is 45.1 Å². The Labute approximate surface area is 184 Å². The van der Waals surface area contributed by atoms with Crippen molar-refractivity contribution < 1.29 is 18.8 Å². The molecule has 4 rings (SSSR count). The number of aromatic nitrogens is 2. The Kier molecular flexibility index (Phi) is 5.72. The van der Waals surface area contributed by atoms with E-state index < -0.39 is 36.2 Å². The summed E-state index contributed by atoms with van der Waals surface area (Å²) in [5.41, 5.74) is 2.53. The molecule has 2 aromatic carbocycles. The van der Waals surface area contributed by atoms with E-state index in [4.69, 9.17) is 0 Å². The highest BCUT2D eigenvalue weighted by Crippen LogP contribution is 2.26. The van der Waals surface area contributed by atoms with Crippen molar-refractivity contribution in [1.82, 2.24) is 14.7 Å². The lowest BCUT2D eigenvalue weighted by Gasteiger charge is -2.19. The molecule has 1 aromatic heterocycles. The molecule has 1 aliphatic rings. The third-order valence-electron chi connectivity index (χ3n) is 5.25. The van der Waals surface area contributed by atoms with Gasteiger partial charge < -0.3 is 5.32 Å². The van der Waals surface area contributed by atoms with Crippen molar-refractivity contribution in [3.8, 4) is 0 Å². The summed E-state index contributed by atoms with van der Waals surface area (Å²) >= 11 is 0. The Morgan fingerprint density at radius 3 is 2.59 bits per heavy atom. The minimum Gasteiger partial charge on any atom is -0.309 e. The fourth-order valence-corrected chi connectivity index (χ4v) is 3.68. The Bertz CT molecular complexity index is 1170. The van der Waals surface area contributed by atoms with Crippen LogP contribution in [0.4, 0.5) is 20.7 Å². The van der Waals surface area contributed by atoms with Crippen molar-refractivity contribution in [2.45, 2.75) is 26.4 Å². The second kappa shape index (κ2) is 8.62. The van der Waals surface area contributed by atoms with E-state index in [1.165, 1.54) is 29.2 Å². The summed E-state index contributed by atoms with van der Waals surface area (Å²) in [5, 5.41) is 6.96. The first-order chi connectivity index (χ1) is 15.3. The molecule has 0 spiro atoms. The van der Waals surface area contributed by atoms with E-state index in [0.717, 1.165) is 16.0 Å². The number of anilines is 2. The number of hydrogen-bond acceptors (Lipinski definition) is 4. The summed E-state index contributed by atoms with van der Waals surface area (Å²) in [6.07, 6.45) is 1.57. The van der Waals surface area contributed by atoms with Crippen LogP contribution in [0.25, 0.3) is 0 Å². The van der Waals surface area contributed by atoms with Gasteiger partial charge in [0.1, 0.15) is 24.2 Å². The first-order valence-electron chi connectivity index (χ1n) is 10.1. The SMILES string of the molecule is Cc1cccc(Cn2nccc2NC(=O)CN2C(=O)C(C)N(c3ccc(F)cc3)C2=O)c1. The van der Waals surface area contributed by atoms with Crippen molar-refractivity contribution in [2.75, 3.05) is 16.8 Å². The number of carbonyl (C=O) groups is 3. The third kappa shape index (κ3) is 4.22. The summed E-state index contributed by atoms with van der Waals surface area (Å²) in [6.45, 7) is 3.59. The molecular formula is C23H22FN5O3.